The fourth-order valence-electron chi connectivity index (χ4n) is 3.12. The summed E-state index contributed by atoms with van der Waals surface area (Å²) in [4.78, 5) is 11.2. The van der Waals surface area contributed by atoms with E-state index in [1.54, 1.807) is 12.3 Å². The van der Waals surface area contributed by atoms with Crippen molar-refractivity contribution in [3.8, 4) is 11.3 Å². The van der Waals surface area contributed by atoms with Gasteiger partial charge in [-0.3, -0.25) is 0 Å². The molecule has 0 atom stereocenters. The van der Waals surface area contributed by atoms with Gasteiger partial charge >= 0.3 is 6.18 Å². The lowest BCUT2D eigenvalue weighted by Gasteiger charge is -2.23. The topological polar surface area (TPSA) is 29.0 Å². The number of unbranched alkanes of at least 4 members (excludes halogenated alkanes) is 1. The number of nitrogens with zero attached hydrogens (tertiary/aromatic N) is 3. The van der Waals surface area contributed by atoms with Crippen LogP contribution >= 0.6 is 0 Å². The molecule has 3 nitrogen and oxygen atoms in total. The number of aryl methyl sites for hydroxylation is 1. The Labute approximate surface area is 169 Å². The molecule has 0 unspecified atom stereocenters. The highest BCUT2D eigenvalue weighted by molar-refractivity contribution is 5.60. The summed E-state index contributed by atoms with van der Waals surface area (Å²) in [6, 6.07) is 15.1. The maximum Gasteiger partial charge on any atom is 0.416 e. The van der Waals surface area contributed by atoms with E-state index in [1.165, 1.54) is 23.3 Å². The normalized spacial score (nSPS) is 11.5. The summed E-state index contributed by atoms with van der Waals surface area (Å²) in [5.41, 5.74) is 2.93. The largest absolute Gasteiger partial charge is 0.416 e. The second-order valence-electron chi connectivity index (χ2n) is 7.08. The molecule has 0 N–H and O–H groups in total. The van der Waals surface area contributed by atoms with Crippen LogP contribution < -0.4 is 4.90 Å². The van der Waals surface area contributed by atoms with Gasteiger partial charge in [-0.15, -0.1) is 0 Å². The first-order valence-corrected chi connectivity index (χ1v) is 9.68. The van der Waals surface area contributed by atoms with Gasteiger partial charge in [0.05, 0.1) is 11.3 Å². The van der Waals surface area contributed by atoms with Crippen molar-refractivity contribution in [3.05, 3.63) is 77.5 Å². The van der Waals surface area contributed by atoms with Crippen molar-refractivity contribution in [1.82, 2.24) is 9.97 Å². The fraction of sp³-hybridized carbons (Fsp3) is 0.304. The minimum Gasteiger partial charge on any atom is -0.336 e. The molecule has 3 rings (SSSR count). The number of hydrogen-bond donors (Lipinski definition) is 0. The summed E-state index contributed by atoms with van der Waals surface area (Å²) in [6.45, 7) is 5.67. The van der Waals surface area contributed by atoms with Crippen LogP contribution in [0.2, 0.25) is 0 Å². The third kappa shape index (κ3) is 5.56. The Morgan fingerprint density at radius 1 is 1.00 bits per heavy atom. The van der Waals surface area contributed by atoms with Crippen molar-refractivity contribution in [2.75, 3.05) is 11.4 Å². The highest BCUT2D eigenvalue weighted by atomic mass is 19.4. The zero-order valence-electron chi connectivity index (χ0n) is 16.6. The minimum absolute atomic E-state index is 0.581. The molecule has 0 amide bonds. The summed E-state index contributed by atoms with van der Waals surface area (Å²) in [7, 11) is 0. The van der Waals surface area contributed by atoms with Gasteiger partial charge in [0.1, 0.15) is 0 Å². The Bertz CT molecular complexity index is 937. The lowest BCUT2D eigenvalue weighted by Crippen LogP contribution is -2.26. The summed E-state index contributed by atoms with van der Waals surface area (Å²) in [5, 5.41) is 0. The summed E-state index contributed by atoms with van der Waals surface area (Å²) in [6.07, 6.45) is -0.646. The average Bonchev–Trinajstić information content (AvgIpc) is 2.71. The van der Waals surface area contributed by atoms with Crippen LogP contribution in [0.4, 0.5) is 19.1 Å². The molecular weight excluding hydrogens is 375 g/mol. The molecule has 0 spiro atoms. The lowest BCUT2D eigenvalue weighted by molar-refractivity contribution is -0.137. The first-order valence-electron chi connectivity index (χ1n) is 9.68. The third-order valence-corrected chi connectivity index (χ3v) is 4.67. The highest BCUT2D eigenvalue weighted by Crippen LogP contribution is 2.30. The number of halogens is 3. The van der Waals surface area contributed by atoms with Gasteiger partial charge in [0, 0.05) is 24.8 Å². The molecular formula is C23H24F3N3. The lowest BCUT2D eigenvalue weighted by atomic mass is 10.1. The molecule has 3 aromatic rings. The van der Waals surface area contributed by atoms with Gasteiger partial charge in [-0.25, -0.2) is 9.97 Å². The summed E-state index contributed by atoms with van der Waals surface area (Å²) < 4.78 is 38.4. The Kier molecular flexibility index (Phi) is 6.52. The van der Waals surface area contributed by atoms with Gasteiger partial charge in [0.2, 0.25) is 5.95 Å². The SMILES string of the molecule is CCCCN(Cc1cccc(C)c1)c1nccc(-c2ccc(C(F)(F)F)cc2)n1. The van der Waals surface area contributed by atoms with Crippen LogP contribution in [0.5, 0.6) is 0 Å². The van der Waals surface area contributed by atoms with Gasteiger partial charge in [0.15, 0.2) is 0 Å². The predicted molar refractivity (Wildman–Crippen MR) is 110 cm³/mol. The molecule has 1 aromatic heterocycles. The molecule has 6 heteroatoms. The van der Waals surface area contributed by atoms with E-state index >= 15 is 0 Å². The average molecular weight is 399 g/mol. The standard InChI is InChI=1S/C23H24F3N3/c1-3-4-14-29(16-18-7-5-6-17(2)15-18)22-27-13-12-21(28-22)19-8-10-20(11-9-19)23(24,25)26/h5-13,15H,3-4,14,16H2,1-2H3. The number of benzene rings is 2. The van der Waals surface area contributed by atoms with Crippen molar-refractivity contribution in [3.63, 3.8) is 0 Å². The quantitative estimate of drug-likeness (QED) is 0.468. The number of anilines is 1. The molecule has 0 saturated heterocycles. The van der Waals surface area contributed by atoms with E-state index in [0.717, 1.165) is 31.5 Å². The van der Waals surface area contributed by atoms with Crippen LogP contribution in [-0.2, 0) is 12.7 Å². The van der Waals surface area contributed by atoms with Crippen LogP contribution in [0, 0.1) is 6.92 Å². The molecule has 0 aliphatic carbocycles. The molecule has 152 valence electrons. The molecule has 0 radical (unpaired) electrons. The first kappa shape index (κ1) is 20.8. The smallest absolute Gasteiger partial charge is 0.336 e. The Morgan fingerprint density at radius 2 is 1.76 bits per heavy atom. The maximum absolute atomic E-state index is 12.8. The van der Waals surface area contributed by atoms with Crippen molar-refractivity contribution in [1.29, 1.82) is 0 Å². The molecule has 0 aliphatic heterocycles. The van der Waals surface area contributed by atoms with Crippen molar-refractivity contribution in [2.24, 2.45) is 0 Å². The van der Waals surface area contributed by atoms with Crippen molar-refractivity contribution < 1.29 is 13.2 Å². The van der Waals surface area contributed by atoms with E-state index in [4.69, 9.17) is 0 Å². The Hall–Kier alpha value is -2.89. The molecule has 0 saturated carbocycles. The molecule has 0 bridgehead atoms. The number of aromatic nitrogens is 2. The van der Waals surface area contributed by atoms with Gasteiger partial charge in [-0.1, -0.05) is 55.3 Å². The van der Waals surface area contributed by atoms with E-state index < -0.39 is 11.7 Å². The van der Waals surface area contributed by atoms with E-state index in [9.17, 15) is 13.2 Å². The highest BCUT2D eigenvalue weighted by Gasteiger charge is 2.30. The molecule has 0 aliphatic rings. The van der Waals surface area contributed by atoms with Crippen LogP contribution in [0.1, 0.15) is 36.5 Å². The van der Waals surface area contributed by atoms with E-state index in [1.807, 2.05) is 6.07 Å². The maximum atomic E-state index is 12.8. The van der Waals surface area contributed by atoms with Crippen LogP contribution in [0.15, 0.2) is 60.8 Å². The van der Waals surface area contributed by atoms with Gasteiger partial charge in [-0.05, 0) is 37.1 Å². The zero-order valence-corrected chi connectivity index (χ0v) is 16.6. The van der Waals surface area contributed by atoms with E-state index in [2.05, 4.69) is 46.9 Å². The summed E-state index contributed by atoms with van der Waals surface area (Å²) >= 11 is 0. The van der Waals surface area contributed by atoms with Crippen molar-refractivity contribution in [2.45, 2.75) is 39.4 Å². The Morgan fingerprint density at radius 3 is 2.41 bits per heavy atom. The van der Waals surface area contributed by atoms with E-state index in [-0.39, 0.29) is 0 Å². The second kappa shape index (κ2) is 9.07. The van der Waals surface area contributed by atoms with Gasteiger partial charge in [-0.2, -0.15) is 13.2 Å². The summed E-state index contributed by atoms with van der Waals surface area (Å²) in [5.74, 6) is 0.581. The van der Waals surface area contributed by atoms with E-state index in [0.29, 0.717) is 23.8 Å². The number of alkyl halides is 3. The molecule has 1 heterocycles. The number of hydrogen-bond acceptors (Lipinski definition) is 3. The molecule has 29 heavy (non-hydrogen) atoms. The zero-order chi connectivity index (χ0) is 20.9. The van der Waals surface area contributed by atoms with Crippen molar-refractivity contribution >= 4 is 5.95 Å². The van der Waals surface area contributed by atoms with Crippen LogP contribution in [0.3, 0.4) is 0 Å². The predicted octanol–water partition coefficient (Wildman–Crippen LogP) is 6.28. The first-order chi connectivity index (χ1) is 13.9. The van der Waals surface area contributed by atoms with Gasteiger partial charge < -0.3 is 4.90 Å². The second-order valence-corrected chi connectivity index (χ2v) is 7.08. The minimum atomic E-state index is -4.35. The Balaban J connectivity index is 1.87. The molecule has 0 fully saturated rings. The van der Waals surface area contributed by atoms with Gasteiger partial charge in [0.25, 0.3) is 0 Å². The van der Waals surface area contributed by atoms with Crippen LogP contribution in [0.25, 0.3) is 11.3 Å². The number of rotatable bonds is 7. The van der Waals surface area contributed by atoms with Crippen LogP contribution in [-0.4, -0.2) is 16.5 Å². The molecule has 2 aromatic carbocycles. The fourth-order valence-corrected chi connectivity index (χ4v) is 3.12. The monoisotopic (exact) mass is 399 g/mol. The third-order valence-electron chi connectivity index (χ3n) is 4.67.